The van der Waals surface area contributed by atoms with Gasteiger partial charge in [0.05, 0.1) is 11.1 Å². The van der Waals surface area contributed by atoms with E-state index in [4.69, 9.17) is 4.74 Å². The van der Waals surface area contributed by atoms with Crippen molar-refractivity contribution in [2.45, 2.75) is 12.5 Å². The van der Waals surface area contributed by atoms with E-state index in [1.54, 1.807) is 7.05 Å². The molecule has 1 aliphatic heterocycles. The monoisotopic (exact) mass is 305 g/mol. The van der Waals surface area contributed by atoms with Crippen molar-refractivity contribution in [2.75, 3.05) is 20.3 Å². The van der Waals surface area contributed by atoms with Crippen LogP contribution in [0, 0.1) is 17.6 Å². The Morgan fingerprint density at radius 1 is 1.47 bits per heavy atom. The normalized spacial score (nSPS) is 21.8. The minimum atomic E-state index is -0.531. The Morgan fingerprint density at radius 3 is 2.82 bits per heavy atom. The summed E-state index contributed by atoms with van der Waals surface area (Å²) in [5, 5.41) is 2.99. The maximum Gasteiger partial charge on any atom is 0.145 e. The first-order chi connectivity index (χ1) is 8.15. The van der Waals surface area contributed by atoms with Gasteiger partial charge in [-0.15, -0.1) is 0 Å². The average molecular weight is 306 g/mol. The molecule has 0 spiro atoms. The van der Waals surface area contributed by atoms with Gasteiger partial charge < -0.3 is 10.1 Å². The van der Waals surface area contributed by atoms with E-state index in [-0.39, 0.29) is 22.0 Å². The Bertz CT molecular complexity index is 408. The van der Waals surface area contributed by atoms with Crippen LogP contribution in [0.15, 0.2) is 16.6 Å². The van der Waals surface area contributed by atoms with Crippen molar-refractivity contribution in [3.05, 3.63) is 33.8 Å². The minimum absolute atomic E-state index is 0.0948. The molecule has 0 amide bonds. The van der Waals surface area contributed by atoms with E-state index < -0.39 is 11.6 Å². The van der Waals surface area contributed by atoms with Crippen LogP contribution in [0.3, 0.4) is 0 Å². The highest BCUT2D eigenvalue weighted by Gasteiger charge is 2.30. The smallest absolute Gasteiger partial charge is 0.145 e. The number of ether oxygens (including phenoxy) is 1. The number of benzene rings is 1. The van der Waals surface area contributed by atoms with Gasteiger partial charge in [-0.05, 0) is 41.5 Å². The lowest BCUT2D eigenvalue weighted by atomic mass is 9.92. The second kappa shape index (κ2) is 5.42. The van der Waals surface area contributed by atoms with Crippen molar-refractivity contribution in [2.24, 2.45) is 5.92 Å². The zero-order valence-corrected chi connectivity index (χ0v) is 11.1. The molecule has 1 fully saturated rings. The van der Waals surface area contributed by atoms with Gasteiger partial charge in [0.25, 0.3) is 0 Å². The molecule has 0 bridgehead atoms. The molecule has 2 unspecified atom stereocenters. The number of rotatable bonds is 3. The molecule has 1 aromatic carbocycles. The first-order valence-electron chi connectivity index (χ1n) is 5.53. The third-order valence-electron chi connectivity index (χ3n) is 3.14. The van der Waals surface area contributed by atoms with Gasteiger partial charge in [-0.2, -0.15) is 0 Å². The Kier molecular flexibility index (Phi) is 4.12. The highest BCUT2D eigenvalue weighted by Crippen LogP contribution is 2.34. The SMILES string of the molecule is CNC(c1c(F)ccc(Br)c1F)C1CCOC1. The molecule has 17 heavy (non-hydrogen) atoms. The quantitative estimate of drug-likeness (QED) is 0.867. The summed E-state index contributed by atoms with van der Waals surface area (Å²) >= 11 is 3.09. The maximum absolute atomic E-state index is 14.0. The Hall–Kier alpha value is -0.520. The second-order valence-corrected chi connectivity index (χ2v) is 5.00. The fourth-order valence-electron chi connectivity index (χ4n) is 2.26. The second-order valence-electron chi connectivity index (χ2n) is 4.15. The van der Waals surface area contributed by atoms with Gasteiger partial charge in [-0.1, -0.05) is 0 Å². The topological polar surface area (TPSA) is 21.3 Å². The molecular weight excluding hydrogens is 292 g/mol. The molecule has 5 heteroatoms. The molecule has 94 valence electrons. The predicted octanol–water partition coefficient (Wildman–Crippen LogP) is 3.02. The molecule has 1 aromatic rings. The maximum atomic E-state index is 14.0. The standard InChI is InChI=1S/C12H14BrF2NO/c1-16-12(7-4-5-17-6-7)10-9(14)3-2-8(13)11(10)15/h2-3,7,12,16H,4-6H2,1H3. The third-order valence-corrected chi connectivity index (χ3v) is 3.75. The molecule has 0 radical (unpaired) electrons. The highest BCUT2D eigenvalue weighted by atomic mass is 79.9. The summed E-state index contributed by atoms with van der Waals surface area (Å²) < 4.78 is 33.3. The van der Waals surface area contributed by atoms with Gasteiger partial charge in [0.1, 0.15) is 11.6 Å². The van der Waals surface area contributed by atoms with Gasteiger partial charge in [0, 0.05) is 24.1 Å². The fraction of sp³-hybridized carbons (Fsp3) is 0.500. The Morgan fingerprint density at radius 2 is 2.24 bits per heavy atom. The number of halogens is 3. The van der Waals surface area contributed by atoms with Crippen molar-refractivity contribution in [3.8, 4) is 0 Å². The molecule has 2 nitrogen and oxygen atoms in total. The Balaban J connectivity index is 2.39. The molecular formula is C12H14BrF2NO. The van der Waals surface area contributed by atoms with Crippen LogP contribution < -0.4 is 5.32 Å². The van der Waals surface area contributed by atoms with E-state index in [2.05, 4.69) is 21.2 Å². The van der Waals surface area contributed by atoms with Crippen LogP contribution in [-0.4, -0.2) is 20.3 Å². The van der Waals surface area contributed by atoms with Crippen molar-refractivity contribution in [1.82, 2.24) is 5.32 Å². The average Bonchev–Trinajstić information content (AvgIpc) is 2.83. The van der Waals surface area contributed by atoms with Crippen molar-refractivity contribution in [3.63, 3.8) is 0 Å². The lowest BCUT2D eigenvalue weighted by molar-refractivity contribution is 0.176. The molecule has 0 aliphatic carbocycles. The number of hydrogen-bond acceptors (Lipinski definition) is 2. The zero-order valence-electron chi connectivity index (χ0n) is 9.47. The summed E-state index contributed by atoms with van der Waals surface area (Å²) in [5.41, 5.74) is 0.0948. The first kappa shape index (κ1) is 12.9. The van der Waals surface area contributed by atoms with Crippen LogP contribution in [0.4, 0.5) is 8.78 Å². The molecule has 1 heterocycles. The van der Waals surface area contributed by atoms with Crippen molar-refractivity contribution in [1.29, 1.82) is 0 Å². The molecule has 1 saturated heterocycles. The van der Waals surface area contributed by atoms with Gasteiger partial charge in [0.15, 0.2) is 0 Å². The first-order valence-corrected chi connectivity index (χ1v) is 6.33. The van der Waals surface area contributed by atoms with Crippen LogP contribution in [0.1, 0.15) is 18.0 Å². The van der Waals surface area contributed by atoms with Crippen LogP contribution in [0.5, 0.6) is 0 Å². The van der Waals surface area contributed by atoms with Gasteiger partial charge in [-0.3, -0.25) is 0 Å². The van der Waals surface area contributed by atoms with Crippen LogP contribution in [0.25, 0.3) is 0 Å². The van der Waals surface area contributed by atoms with E-state index >= 15 is 0 Å². The van der Waals surface area contributed by atoms with E-state index in [0.717, 1.165) is 6.42 Å². The van der Waals surface area contributed by atoms with E-state index in [1.807, 2.05) is 0 Å². The molecule has 2 atom stereocenters. The van der Waals surface area contributed by atoms with Gasteiger partial charge >= 0.3 is 0 Å². The minimum Gasteiger partial charge on any atom is -0.381 e. The summed E-state index contributed by atoms with van der Waals surface area (Å²) in [7, 11) is 1.71. The van der Waals surface area contributed by atoms with Gasteiger partial charge in [0.2, 0.25) is 0 Å². The largest absolute Gasteiger partial charge is 0.381 e. The zero-order chi connectivity index (χ0) is 12.4. The lowest BCUT2D eigenvalue weighted by Gasteiger charge is -2.23. The van der Waals surface area contributed by atoms with E-state index in [9.17, 15) is 8.78 Å². The van der Waals surface area contributed by atoms with Crippen molar-refractivity contribution >= 4 is 15.9 Å². The summed E-state index contributed by atoms with van der Waals surface area (Å²) in [6.45, 7) is 1.19. The molecule has 0 aromatic heterocycles. The van der Waals surface area contributed by atoms with E-state index in [1.165, 1.54) is 12.1 Å². The fourth-order valence-corrected chi connectivity index (χ4v) is 2.60. The Labute approximate surface area is 107 Å². The highest BCUT2D eigenvalue weighted by molar-refractivity contribution is 9.10. The summed E-state index contributed by atoms with van der Waals surface area (Å²) in [6.07, 6.45) is 0.816. The molecule has 2 rings (SSSR count). The van der Waals surface area contributed by atoms with Crippen LogP contribution in [-0.2, 0) is 4.74 Å². The molecule has 1 N–H and O–H groups in total. The van der Waals surface area contributed by atoms with Crippen LogP contribution in [0.2, 0.25) is 0 Å². The van der Waals surface area contributed by atoms with Crippen LogP contribution >= 0.6 is 15.9 Å². The number of nitrogens with one attached hydrogen (secondary N) is 1. The van der Waals surface area contributed by atoms with E-state index in [0.29, 0.717) is 13.2 Å². The third kappa shape index (κ3) is 2.51. The van der Waals surface area contributed by atoms with Gasteiger partial charge in [-0.25, -0.2) is 8.78 Å². The van der Waals surface area contributed by atoms with Crippen molar-refractivity contribution < 1.29 is 13.5 Å². The summed E-state index contributed by atoms with van der Waals surface area (Å²) in [5.74, 6) is -0.938. The number of hydrogen-bond donors (Lipinski definition) is 1. The summed E-state index contributed by atoms with van der Waals surface area (Å²) in [4.78, 5) is 0. The lowest BCUT2D eigenvalue weighted by Crippen LogP contribution is -2.27. The molecule has 0 saturated carbocycles. The molecule has 1 aliphatic rings. The summed E-state index contributed by atoms with van der Waals surface area (Å²) in [6, 6.07) is 2.31. The predicted molar refractivity (Wildman–Crippen MR) is 64.8 cm³/mol.